The molecule has 3 nitrogen and oxygen atoms in total. The summed E-state index contributed by atoms with van der Waals surface area (Å²) >= 11 is 0. The van der Waals surface area contributed by atoms with Crippen LogP contribution in [0.4, 0.5) is 4.39 Å². The predicted molar refractivity (Wildman–Crippen MR) is 49.5 cm³/mol. The molecule has 0 aliphatic carbocycles. The third-order valence-corrected chi connectivity index (χ3v) is 1.91. The van der Waals surface area contributed by atoms with Gasteiger partial charge >= 0.3 is 0 Å². The Morgan fingerprint density at radius 1 is 1.57 bits per heavy atom. The molecule has 0 amide bonds. The van der Waals surface area contributed by atoms with E-state index in [0.717, 1.165) is 0 Å². The highest BCUT2D eigenvalue weighted by molar-refractivity contribution is 5.40. The molecule has 0 heterocycles. The van der Waals surface area contributed by atoms with Crippen molar-refractivity contribution in [3.05, 3.63) is 29.1 Å². The number of rotatable bonds is 3. The smallest absolute Gasteiger partial charge is 0.235 e. The average molecular weight is 195 g/mol. The van der Waals surface area contributed by atoms with Gasteiger partial charge in [-0.1, -0.05) is 6.07 Å². The van der Waals surface area contributed by atoms with Crippen molar-refractivity contribution in [1.82, 2.24) is 0 Å². The molecule has 0 aliphatic rings. The van der Waals surface area contributed by atoms with Crippen LogP contribution in [0.2, 0.25) is 0 Å². The number of aryl methyl sites for hydroxylation is 1. The molecule has 1 rings (SSSR count). The first kappa shape index (κ1) is 10.4. The molecule has 0 saturated heterocycles. The second-order valence-corrected chi connectivity index (χ2v) is 2.78. The molecule has 0 saturated carbocycles. The maximum atomic E-state index is 13.5. The van der Waals surface area contributed by atoms with Gasteiger partial charge in [-0.2, -0.15) is 0 Å². The summed E-state index contributed by atoms with van der Waals surface area (Å²) in [6, 6.07) is 3.26. The van der Waals surface area contributed by atoms with Crippen molar-refractivity contribution in [3.63, 3.8) is 0 Å². The molecule has 0 fully saturated rings. The lowest BCUT2D eigenvalue weighted by Gasteiger charge is -2.08. The largest absolute Gasteiger partial charge is 0.496 e. The van der Waals surface area contributed by atoms with E-state index in [-0.39, 0.29) is 17.9 Å². The minimum Gasteiger partial charge on any atom is -0.496 e. The Kier molecular flexibility index (Phi) is 3.37. The number of ether oxygens (including phenoxy) is 1. The van der Waals surface area contributed by atoms with E-state index in [0.29, 0.717) is 11.3 Å². The van der Waals surface area contributed by atoms with Gasteiger partial charge in [0.15, 0.2) is 0 Å². The Balaban J connectivity index is 3.20. The number of carbonyl (C=O) groups excluding carboxylic acids is 1. The minimum absolute atomic E-state index is 0.0415. The maximum absolute atomic E-state index is 13.5. The van der Waals surface area contributed by atoms with Crippen LogP contribution in [0, 0.1) is 12.7 Å². The van der Waals surface area contributed by atoms with E-state index in [2.05, 4.69) is 4.99 Å². The monoisotopic (exact) mass is 195 g/mol. The van der Waals surface area contributed by atoms with Crippen LogP contribution in [0.1, 0.15) is 11.1 Å². The zero-order valence-electron chi connectivity index (χ0n) is 8.00. The molecule has 4 heteroatoms. The van der Waals surface area contributed by atoms with Gasteiger partial charge in [-0.15, -0.1) is 0 Å². The molecule has 0 spiro atoms. The first-order valence-electron chi connectivity index (χ1n) is 4.06. The van der Waals surface area contributed by atoms with Crippen LogP contribution < -0.4 is 4.74 Å². The summed E-state index contributed by atoms with van der Waals surface area (Å²) in [5.74, 6) is 0.00968. The first-order chi connectivity index (χ1) is 6.70. The fraction of sp³-hybridized carbons (Fsp3) is 0.300. The average Bonchev–Trinajstić information content (AvgIpc) is 2.20. The van der Waals surface area contributed by atoms with E-state index in [4.69, 9.17) is 4.74 Å². The summed E-state index contributed by atoms with van der Waals surface area (Å²) in [6.45, 7) is 1.60. The molecule has 1 aromatic carbocycles. The van der Waals surface area contributed by atoms with Crippen LogP contribution in [0.3, 0.4) is 0 Å². The van der Waals surface area contributed by atoms with Gasteiger partial charge in [0.25, 0.3) is 0 Å². The van der Waals surface area contributed by atoms with Crippen LogP contribution in [0.15, 0.2) is 17.1 Å². The van der Waals surface area contributed by atoms with Crippen LogP contribution in [0.5, 0.6) is 5.75 Å². The summed E-state index contributed by atoms with van der Waals surface area (Å²) in [5, 5.41) is 0. The van der Waals surface area contributed by atoms with Crippen LogP contribution in [0.25, 0.3) is 0 Å². The van der Waals surface area contributed by atoms with Gasteiger partial charge in [-0.25, -0.2) is 14.2 Å². The van der Waals surface area contributed by atoms with E-state index in [1.54, 1.807) is 19.1 Å². The Bertz CT molecular complexity index is 384. The number of nitrogens with zero attached hydrogens (tertiary/aromatic N) is 1. The van der Waals surface area contributed by atoms with Gasteiger partial charge in [-0.3, -0.25) is 0 Å². The summed E-state index contributed by atoms with van der Waals surface area (Å²) in [7, 11) is 1.44. The summed E-state index contributed by atoms with van der Waals surface area (Å²) in [5.41, 5.74) is 0.790. The Morgan fingerprint density at radius 2 is 2.29 bits per heavy atom. The van der Waals surface area contributed by atoms with Gasteiger partial charge in [-0.05, 0) is 18.6 Å². The Hall–Kier alpha value is -1.67. The molecule has 74 valence electrons. The molecule has 0 bridgehead atoms. The first-order valence-corrected chi connectivity index (χ1v) is 4.06. The maximum Gasteiger partial charge on any atom is 0.235 e. The molecule has 0 N–H and O–H groups in total. The summed E-state index contributed by atoms with van der Waals surface area (Å²) in [6.07, 6.45) is 1.37. The number of hydrogen-bond donors (Lipinski definition) is 0. The van der Waals surface area contributed by atoms with Crippen molar-refractivity contribution in [2.75, 3.05) is 7.11 Å². The summed E-state index contributed by atoms with van der Waals surface area (Å²) in [4.78, 5) is 13.2. The Labute approximate surface area is 81.2 Å². The van der Waals surface area contributed by atoms with Crippen LogP contribution >= 0.6 is 0 Å². The highest BCUT2D eigenvalue weighted by Gasteiger charge is 2.10. The zero-order valence-corrected chi connectivity index (χ0v) is 8.00. The number of methoxy groups -OCH3 is 1. The molecule has 14 heavy (non-hydrogen) atoms. The molecular weight excluding hydrogens is 185 g/mol. The van der Waals surface area contributed by atoms with Crippen LogP contribution in [-0.2, 0) is 11.3 Å². The molecule has 0 unspecified atom stereocenters. The normalized spacial score (nSPS) is 9.36. The molecular formula is C10H10FNO2. The molecule has 1 aromatic rings. The lowest BCUT2D eigenvalue weighted by Crippen LogP contribution is -1.97. The highest BCUT2D eigenvalue weighted by Crippen LogP contribution is 2.24. The third kappa shape index (κ3) is 1.98. The predicted octanol–water partition coefficient (Wildman–Crippen LogP) is 1.98. The highest BCUT2D eigenvalue weighted by atomic mass is 19.1. The number of isocyanates is 1. The standard InChI is InChI=1S/C10H10FNO2/c1-7-3-4-9(14-2)8(10(7)11)5-12-6-13/h3-4H,5H2,1-2H3. The topological polar surface area (TPSA) is 38.7 Å². The van der Waals surface area contributed by atoms with Gasteiger partial charge in [0, 0.05) is 0 Å². The van der Waals surface area contributed by atoms with E-state index in [1.807, 2.05) is 0 Å². The number of aliphatic imine (C=N–C) groups is 1. The van der Waals surface area contributed by atoms with Gasteiger partial charge in [0.1, 0.15) is 11.6 Å². The molecule has 0 radical (unpaired) electrons. The fourth-order valence-corrected chi connectivity index (χ4v) is 1.17. The zero-order chi connectivity index (χ0) is 10.6. The van der Waals surface area contributed by atoms with Gasteiger partial charge < -0.3 is 4.74 Å². The molecule has 0 atom stereocenters. The molecule has 0 aromatic heterocycles. The Morgan fingerprint density at radius 3 is 2.86 bits per heavy atom. The third-order valence-electron chi connectivity index (χ3n) is 1.91. The van der Waals surface area contributed by atoms with Gasteiger partial charge in [0.2, 0.25) is 6.08 Å². The number of halogens is 1. The summed E-state index contributed by atoms with van der Waals surface area (Å²) < 4.78 is 18.5. The van der Waals surface area contributed by atoms with E-state index >= 15 is 0 Å². The van der Waals surface area contributed by atoms with E-state index in [1.165, 1.54) is 13.2 Å². The lowest BCUT2D eigenvalue weighted by atomic mass is 10.1. The van der Waals surface area contributed by atoms with E-state index < -0.39 is 0 Å². The van der Waals surface area contributed by atoms with Crippen molar-refractivity contribution in [3.8, 4) is 5.75 Å². The minimum atomic E-state index is -0.386. The quantitative estimate of drug-likeness (QED) is 0.546. The van der Waals surface area contributed by atoms with Gasteiger partial charge in [0.05, 0.1) is 19.2 Å². The number of benzene rings is 1. The van der Waals surface area contributed by atoms with Crippen molar-refractivity contribution >= 4 is 6.08 Å². The molecule has 0 aliphatic heterocycles. The van der Waals surface area contributed by atoms with Crippen LogP contribution in [-0.4, -0.2) is 13.2 Å². The van der Waals surface area contributed by atoms with Crippen molar-refractivity contribution < 1.29 is 13.9 Å². The number of hydrogen-bond acceptors (Lipinski definition) is 3. The van der Waals surface area contributed by atoms with Crippen molar-refractivity contribution in [2.45, 2.75) is 13.5 Å². The SMILES string of the molecule is COc1ccc(C)c(F)c1CN=C=O. The second-order valence-electron chi connectivity index (χ2n) is 2.78. The van der Waals surface area contributed by atoms with Crippen molar-refractivity contribution in [2.24, 2.45) is 4.99 Å². The second kappa shape index (κ2) is 4.53. The van der Waals surface area contributed by atoms with Crippen molar-refractivity contribution in [1.29, 1.82) is 0 Å². The fourth-order valence-electron chi connectivity index (χ4n) is 1.17. The van der Waals surface area contributed by atoms with E-state index in [9.17, 15) is 9.18 Å². The lowest BCUT2D eigenvalue weighted by molar-refractivity contribution is 0.404.